The molecule has 0 aliphatic heterocycles. The minimum Gasteiger partial charge on any atom is -0.497 e. The highest BCUT2D eigenvalue weighted by molar-refractivity contribution is 7.80. The van der Waals surface area contributed by atoms with E-state index in [1.807, 2.05) is 61.5 Å². The van der Waals surface area contributed by atoms with Crippen molar-refractivity contribution in [2.45, 2.75) is 13.0 Å². The number of thiocarbonyl (C=S) groups is 1. The highest BCUT2D eigenvalue weighted by Gasteiger charge is 2.05. The van der Waals surface area contributed by atoms with Gasteiger partial charge in [-0.3, -0.25) is 0 Å². The van der Waals surface area contributed by atoms with E-state index in [-0.39, 0.29) is 6.04 Å². The van der Waals surface area contributed by atoms with Crippen molar-refractivity contribution in [3.63, 3.8) is 0 Å². The number of nitrogens with one attached hydrogen (secondary N) is 2. The van der Waals surface area contributed by atoms with Gasteiger partial charge in [-0.05, 0) is 55.5 Å². The van der Waals surface area contributed by atoms with Crippen molar-refractivity contribution in [1.82, 2.24) is 5.32 Å². The van der Waals surface area contributed by atoms with Gasteiger partial charge in [-0.2, -0.15) is 0 Å². The fourth-order valence-electron chi connectivity index (χ4n) is 1.84. The van der Waals surface area contributed by atoms with E-state index in [0.717, 1.165) is 17.2 Å². The van der Waals surface area contributed by atoms with Gasteiger partial charge in [0.2, 0.25) is 0 Å². The number of ether oxygens (including phenoxy) is 2. The number of para-hydroxylation sites is 1. The summed E-state index contributed by atoms with van der Waals surface area (Å²) in [5.74, 6) is 1.67. The summed E-state index contributed by atoms with van der Waals surface area (Å²) in [6, 6.07) is 17.4. The van der Waals surface area contributed by atoms with Gasteiger partial charge >= 0.3 is 0 Å². The second kappa shape index (κ2) is 8.24. The van der Waals surface area contributed by atoms with Gasteiger partial charge in [0, 0.05) is 5.69 Å². The Kier molecular flexibility index (Phi) is 6.03. The van der Waals surface area contributed by atoms with Gasteiger partial charge < -0.3 is 20.1 Å². The zero-order valence-electron chi connectivity index (χ0n) is 12.7. The molecule has 22 heavy (non-hydrogen) atoms. The molecule has 0 aliphatic rings. The molecule has 0 saturated carbocycles. The Morgan fingerprint density at radius 2 is 1.73 bits per heavy atom. The third kappa shape index (κ3) is 5.26. The molecule has 0 saturated heterocycles. The maximum atomic E-state index is 5.68. The third-order valence-electron chi connectivity index (χ3n) is 2.97. The maximum absolute atomic E-state index is 5.68. The van der Waals surface area contributed by atoms with Crippen LogP contribution in [0.1, 0.15) is 6.92 Å². The first kappa shape index (κ1) is 16.1. The Labute approximate surface area is 136 Å². The van der Waals surface area contributed by atoms with Gasteiger partial charge in [-0.1, -0.05) is 18.2 Å². The summed E-state index contributed by atoms with van der Waals surface area (Å²) in [5, 5.41) is 6.89. The van der Waals surface area contributed by atoms with Crippen LogP contribution in [-0.4, -0.2) is 24.9 Å². The van der Waals surface area contributed by atoms with Crippen LogP contribution in [0.3, 0.4) is 0 Å². The lowest BCUT2D eigenvalue weighted by Gasteiger charge is -2.17. The molecular formula is C17H20N2O2S. The minimum absolute atomic E-state index is 0.0958. The van der Waals surface area contributed by atoms with Crippen LogP contribution in [0.2, 0.25) is 0 Å². The lowest BCUT2D eigenvalue weighted by atomic mass is 10.3. The van der Waals surface area contributed by atoms with Crippen molar-refractivity contribution >= 4 is 23.0 Å². The Bertz CT molecular complexity index is 587. The van der Waals surface area contributed by atoms with Gasteiger partial charge in [-0.15, -0.1) is 0 Å². The van der Waals surface area contributed by atoms with E-state index < -0.39 is 0 Å². The highest BCUT2D eigenvalue weighted by Crippen LogP contribution is 2.14. The quantitative estimate of drug-likeness (QED) is 0.799. The van der Waals surface area contributed by atoms with Crippen molar-refractivity contribution in [1.29, 1.82) is 0 Å². The number of hydrogen-bond donors (Lipinski definition) is 2. The van der Waals surface area contributed by atoms with Gasteiger partial charge in [0.15, 0.2) is 5.11 Å². The first-order valence-electron chi connectivity index (χ1n) is 7.07. The van der Waals surface area contributed by atoms with Crippen molar-refractivity contribution in [3.05, 3.63) is 54.6 Å². The summed E-state index contributed by atoms with van der Waals surface area (Å²) < 4.78 is 10.8. The normalized spacial score (nSPS) is 11.4. The van der Waals surface area contributed by atoms with Crippen LogP contribution in [0.5, 0.6) is 11.5 Å². The minimum atomic E-state index is 0.0958. The maximum Gasteiger partial charge on any atom is 0.171 e. The molecule has 2 aromatic carbocycles. The molecule has 0 aromatic heterocycles. The van der Waals surface area contributed by atoms with E-state index in [0.29, 0.717) is 11.7 Å². The molecule has 0 aliphatic carbocycles. The Hall–Kier alpha value is -2.27. The second-order valence-electron chi connectivity index (χ2n) is 4.85. The van der Waals surface area contributed by atoms with Gasteiger partial charge in [0.05, 0.1) is 13.2 Å². The van der Waals surface area contributed by atoms with Crippen LogP contribution in [0.15, 0.2) is 54.6 Å². The smallest absolute Gasteiger partial charge is 0.171 e. The standard InChI is InChI=1S/C17H20N2O2S/c1-13(12-21-16-6-4-3-5-7-16)18-17(22)19-14-8-10-15(20-2)11-9-14/h3-11,13H,12H2,1-2H3,(H2,18,19,22). The molecule has 0 fully saturated rings. The van der Waals surface area contributed by atoms with Gasteiger partial charge in [0.25, 0.3) is 0 Å². The van der Waals surface area contributed by atoms with Crippen LogP contribution in [0.25, 0.3) is 0 Å². The molecule has 1 atom stereocenters. The SMILES string of the molecule is COc1ccc(NC(=S)NC(C)COc2ccccc2)cc1. The van der Waals surface area contributed by atoms with Crippen molar-refractivity contribution in [3.8, 4) is 11.5 Å². The number of anilines is 1. The van der Waals surface area contributed by atoms with Crippen LogP contribution in [-0.2, 0) is 0 Å². The molecule has 4 nitrogen and oxygen atoms in total. The molecule has 0 radical (unpaired) electrons. The van der Waals surface area contributed by atoms with E-state index in [4.69, 9.17) is 21.7 Å². The largest absolute Gasteiger partial charge is 0.497 e. The van der Waals surface area contributed by atoms with Crippen LogP contribution < -0.4 is 20.1 Å². The fourth-order valence-corrected chi connectivity index (χ4v) is 2.16. The van der Waals surface area contributed by atoms with E-state index in [9.17, 15) is 0 Å². The van der Waals surface area contributed by atoms with Crippen LogP contribution in [0, 0.1) is 0 Å². The van der Waals surface area contributed by atoms with Gasteiger partial charge in [-0.25, -0.2) is 0 Å². The van der Waals surface area contributed by atoms with Crippen LogP contribution in [0.4, 0.5) is 5.69 Å². The topological polar surface area (TPSA) is 42.5 Å². The summed E-state index contributed by atoms with van der Waals surface area (Å²) in [7, 11) is 1.64. The molecule has 5 heteroatoms. The van der Waals surface area contributed by atoms with E-state index in [1.54, 1.807) is 7.11 Å². The fraction of sp³-hybridized carbons (Fsp3) is 0.235. The first-order chi connectivity index (χ1) is 10.7. The molecular weight excluding hydrogens is 296 g/mol. The Morgan fingerprint density at radius 1 is 1.05 bits per heavy atom. The first-order valence-corrected chi connectivity index (χ1v) is 7.47. The predicted molar refractivity (Wildman–Crippen MR) is 93.7 cm³/mol. The monoisotopic (exact) mass is 316 g/mol. The predicted octanol–water partition coefficient (Wildman–Crippen LogP) is 3.45. The average Bonchev–Trinajstić information content (AvgIpc) is 2.54. The summed E-state index contributed by atoms with van der Waals surface area (Å²) in [4.78, 5) is 0. The number of hydrogen-bond acceptors (Lipinski definition) is 3. The summed E-state index contributed by atoms with van der Waals surface area (Å²) in [5.41, 5.74) is 0.912. The second-order valence-corrected chi connectivity index (χ2v) is 5.26. The third-order valence-corrected chi connectivity index (χ3v) is 3.19. The molecule has 0 spiro atoms. The van der Waals surface area contributed by atoms with Crippen LogP contribution >= 0.6 is 12.2 Å². The molecule has 2 aromatic rings. The lowest BCUT2D eigenvalue weighted by molar-refractivity contribution is 0.287. The Morgan fingerprint density at radius 3 is 2.36 bits per heavy atom. The van der Waals surface area contributed by atoms with Crippen molar-refractivity contribution < 1.29 is 9.47 Å². The van der Waals surface area contributed by atoms with E-state index in [2.05, 4.69) is 10.6 Å². The summed E-state index contributed by atoms with van der Waals surface area (Å²) >= 11 is 5.30. The molecule has 0 heterocycles. The van der Waals surface area contributed by atoms with Crippen molar-refractivity contribution in [2.24, 2.45) is 0 Å². The van der Waals surface area contributed by atoms with E-state index in [1.165, 1.54) is 0 Å². The lowest BCUT2D eigenvalue weighted by Crippen LogP contribution is -2.39. The van der Waals surface area contributed by atoms with Crippen molar-refractivity contribution in [2.75, 3.05) is 19.0 Å². The average molecular weight is 316 g/mol. The zero-order valence-corrected chi connectivity index (χ0v) is 13.5. The summed E-state index contributed by atoms with van der Waals surface area (Å²) in [6.07, 6.45) is 0. The zero-order chi connectivity index (χ0) is 15.8. The number of benzene rings is 2. The number of methoxy groups -OCH3 is 1. The van der Waals surface area contributed by atoms with E-state index >= 15 is 0 Å². The molecule has 1 unspecified atom stereocenters. The molecule has 116 valence electrons. The van der Waals surface area contributed by atoms with Gasteiger partial charge in [0.1, 0.15) is 18.1 Å². The summed E-state index contributed by atoms with van der Waals surface area (Å²) in [6.45, 7) is 2.55. The molecule has 2 N–H and O–H groups in total. The molecule has 0 amide bonds. The highest BCUT2D eigenvalue weighted by atomic mass is 32.1. The molecule has 0 bridgehead atoms. The number of rotatable bonds is 6. The molecule has 2 rings (SSSR count). The Balaban J connectivity index is 1.75.